The molecule has 0 aliphatic heterocycles. The minimum absolute atomic E-state index is 1.31. The standard InChI is InChI=1S/C15H24/c1-2-4-6-8-11-15-13-9-12-14(15)10-7-5-3-1/h10,13H,1-9,11-12H2/b14-10-. The SMILES string of the molecule is C1=C2CCCCCCCCC/C=C\2CC1. The van der Waals surface area contributed by atoms with E-state index in [4.69, 9.17) is 0 Å². The number of hydrogen-bond donors (Lipinski definition) is 0. The van der Waals surface area contributed by atoms with Crippen LogP contribution in [0.5, 0.6) is 0 Å². The second kappa shape index (κ2) is 6.15. The molecule has 0 nitrogen and oxygen atoms in total. The molecule has 0 N–H and O–H groups in total. The quantitative estimate of drug-likeness (QED) is 0.511. The number of hydrogen-bond acceptors (Lipinski definition) is 0. The molecule has 0 heteroatoms. The van der Waals surface area contributed by atoms with E-state index in [-0.39, 0.29) is 0 Å². The Kier molecular flexibility index (Phi) is 4.50. The summed E-state index contributed by atoms with van der Waals surface area (Å²) in [5.41, 5.74) is 3.38. The molecule has 0 saturated carbocycles. The molecule has 0 radical (unpaired) electrons. The Morgan fingerprint density at radius 2 is 1.13 bits per heavy atom. The van der Waals surface area contributed by atoms with Gasteiger partial charge in [0.1, 0.15) is 0 Å². The topological polar surface area (TPSA) is 0 Å². The van der Waals surface area contributed by atoms with Gasteiger partial charge in [-0.05, 0) is 49.7 Å². The second-order valence-corrected chi connectivity index (χ2v) is 5.01. The normalized spacial score (nSPS) is 28.0. The van der Waals surface area contributed by atoms with Crippen molar-refractivity contribution in [1.29, 1.82) is 0 Å². The summed E-state index contributed by atoms with van der Waals surface area (Å²) in [4.78, 5) is 0. The van der Waals surface area contributed by atoms with Crippen LogP contribution in [0.25, 0.3) is 0 Å². The van der Waals surface area contributed by atoms with Gasteiger partial charge >= 0.3 is 0 Å². The number of rotatable bonds is 0. The van der Waals surface area contributed by atoms with Gasteiger partial charge in [0.25, 0.3) is 0 Å². The van der Waals surface area contributed by atoms with E-state index in [1.807, 2.05) is 0 Å². The molecule has 0 fully saturated rings. The average Bonchev–Trinajstić information content (AvgIpc) is 2.65. The van der Waals surface area contributed by atoms with E-state index in [9.17, 15) is 0 Å². The van der Waals surface area contributed by atoms with Crippen molar-refractivity contribution in [3.8, 4) is 0 Å². The minimum Gasteiger partial charge on any atom is -0.0810 e. The van der Waals surface area contributed by atoms with Crippen molar-refractivity contribution in [3.63, 3.8) is 0 Å². The highest BCUT2D eigenvalue weighted by molar-refractivity contribution is 5.35. The van der Waals surface area contributed by atoms with E-state index in [0.29, 0.717) is 0 Å². The van der Waals surface area contributed by atoms with Gasteiger partial charge < -0.3 is 0 Å². The van der Waals surface area contributed by atoms with E-state index in [0.717, 1.165) is 0 Å². The van der Waals surface area contributed by atoms with Crippen molar-refractivity contribution in [2.45, 2.75) is 70.6 Å². The van der Waals surface area contributed by atoms with E-state index < -0.39 is 0 Å². The van der Waals surface area contributed by atoms with Gasteiger partial charge in [-0.1, -0.05) is 44.3 Å². The van der Waals surface area contributed by atoms with Crippen molar-refractivity contribution in [3.05, 3.63) is 23.3 Å². The first kappa shape index (κ1) is 11.0. The van der Waals surface area contributed by atoms with Crippen LogP contribution in [-0.2, 0) is 0 Å². The van der Waals surface area contributed by atoms with E-state index in [1.165, 1.54) is 70.6 Å². The fourth-order valence-corrected chi connectivity index (χ4v) is 2.81. The van der Waals surface area contributed by atoms with Gasteiger partial charge in [0.2, 0.25) is 0 Å². The van der Waals surface area contributed by atoms with Crippen molar-refractivity contribution in [2.75, 3.05) is 0 Å². The van der Waals surface area contributed by atoms with Crippen LogP contribution in [0.1, 0.15) is 70.6 Å². The summed E-state index contributed by atoms with van der Waals surface area (Å²) >= 11 is 0. The zero-order valence-corrected chi connectivity index (χ0v) is 9.93. The lowest BCUT2D eigenvalue weighted by Crippen LogP contribution is -1.88. The Morgan fingerprint density at radius 3 is 2.00 bits per heavy atom. The Balaban J connectivity index is 1.92. The predicted octanol–water partition coefficient (Wildman–Crippen LogP) is 5.16. The molecule has 0 atom stereocenters. The first-order valence-electron chi connectivity index (χ1n) is 6.85. The summed E-state index contributed by atoms with van der Waals surface area (Å²) in [7, 11) is 0. The predicted molar refractivity (Wildman–Crippen MR) is 67.0 cm³/mol. The molecule has 0 saturated heterocycles. The third-order valence-electron chi connectivity index (χ3n) is 3.76. The van der Waals surface area contributed by atoms with E-state index in [1.54, 1.807) is 11.1 Å². The third kappa shape index (κ3) is 3.52. The Hall–Kier alpha value is -0.520. The fourth-order valence-electron chi connectivity index (χ4n) is 2.81. The van der Waals surface area contributed by atoms with Crippen LogP contribution < -0.4 is 0 Å². The molecule has 2 aliphatic rings. The molecular weight excluding hydrogens is 180 g/mol. The first-order chi connectivity index (χ1) is 7.47. The van der Waals surface area contributed by atoms with Gasteiger partial charge in [-0.15, -0.1) is 0 Å². The van der Waals surface area contributed by atoms with Gasteiger partial charge in [-0.3, -0.25) is 0 Å². The van der Waals surface area contributed by atoms with Gasteiger partial charge in [0.05, 0.1) is 0 Å². The van der Waals surface area contributed by atoms with Gasteiger partial charge in [-0.2, -0.15) is 0 Å². The molecule has 0 aromatic rings. The molecule has 0 unspecified atom stereocenters. The number of allylic oxidation sites excluding steroid dienone is 4. The van der Waals surface area contributed by atoms with Gasteiger partial charge in [-0.25, -0.2) is 0 Å². The summed E-state index contributed by atoms with van der Waals surface area (Å²) in [6, 6.07) is 0. The molecule has 2 aliphatic carbocycles. The zero-order valence-electron chi connectivity index (χ0n) is 9.93. The minimum atomic E-state index is 1.31. The van der Waals surface area contributed by atoms with E-state index in [2.05, 4.69) is 12.2 Å². The van der Waals surface area contributed by atoms with Gasteiger partial charge in [0.15, 0.2) is 0 Å². The molecule has 0 heterocycles. The van der Waals surface area contributed by atoms with Gasteiger partial charge in [0, 0.05) is 0 Å². The zero-order chi connectivity index (χ0) is 10.3. The lowest BCUT2D eigenvalue weighted by Gasteiger charge is -2.08. The second-order valence-electron chi connectivity index (χ2n) is 5.01. The average molecular weight is 204 g/mol. The first-order valence-corrected chi connectivity index (χ1v) is 6.85. The number of fused-ring (bicyclic) bond motifs is 1. The Labute approximate surface area is 94.5 Å². The molecule has 0 bridgehead atoms. The highest BCUT2D eigenvalue weighted by atomic mass is 14.2. The molecule has 0 amide bonds. The highest BCUT2D eigenvalue weighted by Gasteiger charge is 2.10. The van der Waals surface area contributed by atoms with Crippen LogP contribution in [-0.4, -0.2) is 0 Å². The third-order valence-corrected chi connectivity index (χ3v) is 3.76. The molecule has 0 aromatic carbocycles. The molecular formula is C15H24. The van der Waals surface area contributed by atoms with Crippen LogP contribution in [0.2, 0.25) is 0 Å². The van der Waals surface area contributed by atoms with Crippen LogP contribution in [0, 0.1) is 0 Å². The van der Waals surface area contributed by atoms with Crippen LogP contribution >= 0.6 is 0 Å². The summed E-state index contributed by atoms with van der Waals surface area (Å²) < 4.78 is 0. The summed E-state index contributed by atoms with van der Waals surface area (Å²) in [6.45, 7) is 0. The molecule has 0 spiro atoms. The highest BCUT2D eigenvalue weighted by Crippen LogP contribution is 2.30. The summed E-state index contributed by atoms with van der Waals surface area (Å²) in [5, 5.41) is 0. The smallest absolute Gasteiger partial charge is 0.0244 e. The van der Waals surface area contributed by atoms with Crippen molar-refractivity contribution in [1.82, 2.24) is 0 Å². The molecule has 2 rings (SSSR count). The molecule has 0 aromatic heterocycles. The van der Waals surface area contributed by atoms with Crippen LogP contribution in [0.3, 0.4) is 0 Å². The summed E-state index contributed by atoms with van der Waals surface area (Å²) in [6.07, 6.45) is 20.5. The maximum absolute atomic E-state index is 2.53. The molecule has 84 valence electrons. The maximum Gasteiger partial charge on any atom is -0.0244 e. The lowest BCUT2D eigenvalue weighted by atomic mass is 9.98. The van der Waals surface area contributed by atoms with E-state index >= 15 is 0 Å². The Bertz CT molecular complexity index is 245. The van der Waals surface area contributed by atoms with Crippen molar-refractivity contribution >= 4 is 0 Å². The maximum atomic E-state index is 2.53. The van der Waals surface area contributed by atoms with Crippen molar-refractivity contribution in [2.24, 2.45) is 0 Å². The summed E-state index contributed by atoms with van der Waals surface area (Å²) in [5.74, 6) is 0. The monoisotopic (exact) mass is 204 g/mol. The fraction of sp³-hybridized carbons (Fsp3) is 0.733. The largest absolute Gasteiger partial charge is 0.0810 e. The Morgan fingerprint density at radius 1 is 0.533 bits per heavy atom. The van der Waals surface area contributed by atoms with Crippen molar-refractivity contribution < 1.29 is 0 Å². The molecule has 15 heavy (non-hydrogen) atoms. The van der Waals surface area contributed by atoms with Crippen LogP contribution in [0.15, 0.2) is 23.3 Å². The lowest BCUT2D eigenvalue weighted by molar-refractivity contribution is 0.578. The van der Waals surface area contributed by atoms with Crippen LogP contribution in [0.4, 0.5) is 0 Å².